The van der Waals surface area contributed by atoms with Crippen molar-refractivity contribution in [3.05, 3.63) is 40.7 Å². The van der Waals surface area contributed by atoms with E-state index in [0.717, 1.165) is 51.1 Å². The Morgan fingerprint density at radius 3 is 2.73 bits per heavy atom. The van der Waals surface area contributed by atoms with Crippen LogP contribution in [0.2, 0.25) is 0 Å². The van der Waals surface area contributed by atoms with E-state index in [1.807, 2.05) is 10.9 Å². The van der Waals surface area contributed by atoms with E-state index < -0.39 is 0 Å². The van der Waals surface area contributed by atoms with Gasteiger partial charge in [0, 0.05) is 19.1 Å². The van der Waals surface area contributed by atoms with Gasteiger partial charge >= 0.3 is 0 Å². The average molecular weight is 412 g/mol. The van der Waals surface area contributed by atoms with Crippen LogP contribution in [-0.2, 0) is 6.54 Å². The van der Waals surface area contributed by atoms with Gasteiger partial charge in [0.05, 0.1) is 19.3 Å². The summed E-state index contributed by atoms with van der Waals surface area (Å²) in [7, 11) is 1.72. The van der Waals surface area contributed by atoms with Crippen LogP contribution in [0.4, 0.5) is 0 Å². The zero-order valence-corrected chi connectivity index (χ0v) is 18.4. The van der Waals surface area contributed by atoms with E-state index in [4.69, 9.17) is 4.74 Å². The third kappa shape index (κ3) is 4.51. The number of hydrogen-bond donors (Lipinski definition) is 1. The Morgan fingerprint density at radius 1 is 1.17 bits per heavy atom. The van der Waals surface area contributed by atoms with Gasteiger partial charge in [-0.2, -0.15) is 0 Å². The molecule has 1 N–H and O–H groups in total. The van der Waals surface area contributed by atoms with Gasteiger partial charge < -0.3 is 10.1 Å². The first kappa shape index (κ1) is 20.8. The number of amides is 1. The zero-order valence-electron chi connectivity index (χ0n) is 18.4. The summed E-state index contributed by atoms with van der Waals surface area (Å²) >= 11 is 0. The summed E-state index contributed by atoms with van der Waals surface area (Å²) in [6.07, 6.45) is 8.53. The number of likely N-dealkylation sites (tertiary alicyclic amines) is 1. The minimum Gasteiger partial charge on any atom is -0.496 e. The third-order valence-electron chi connectivity index (χ3n) is 6.75. The molecule has 1 aliphatic heterocycles. The van der Waals surface area contributed by atoms with Crippen molar-refractivity contribution in [3.63, 3.8) is 0 Å². The van der Waals surface area contributed by atoms with E-state index in [0.29, 0.717) is 11.7 Å². The zero-order chi connectivity index (χ0) is 21.1. The quantitative estimate of drug-likeness (QED) is 0.789. The number of hydrogen-bond acceptors (Lipinski definition) is 5. The molecule has 7 heteroatoms. The second-order valence-corrected chi connectivity index (χ2v) is 8.75. The molecular formula is C23H33N5O2. The fourth-order valence-corrected chi connectivity index (χ4v) is 4.76. The lowest BCUT2D eigenvalue weighted by Crippen LogP contribution is -2.36. The van der Waals surface area contributed by atoms with Crippen LogP contribution in [-0.4, -0.2) is 52.0 Å². The molecule has 1 aromatic carbocycles. The first-order valence-corrected chi connectivity index (χ1v) is 11.1. The third-order valence-corrected chi connectivity index (χ3v) is 6.75. The molecule has 1 saturated heterocycles. The van der Waals surface area contributed by atoms with Crippen molar-refractivity contribution in [2.24, 2.45) is 0 Å². The smallest absolute Gasteiger partial charge is 0.273 e. The molecule has 0 bridgehead atoms. The first-order valence-electron chi connectivity index (χ1n) is 11.1. The van der Waals surface area contributed by atoms with E-state index in [1.54, 1.807) is 7.11 Å². The number of ether oxygens (including phenoxy) is 1. The molecule has 2 aromatic rings. The summed E-state index contributed by atoms with van der Waals surface area (Å²) in [5, 5.41) is 11.5. The van der Waals surface area contributed by atoms with Gasteiger partial charge in [-0.3, -0.25) is 9.69 Å². The van der Waals surface area contributed by atoms with Crippen molar-refractivity contribution in [1.29, 1.82) is 0 Å². The molecular weight excluding hydrogens is 378 g/mol. The molecule has 2 fully saturated rings. The number of carbonyl (C=O) groups is 1. The van der Waals surface area contributed by atoms with Crippen molar-refractivity contribution in [1.82, 2.24) is 25.2 Å². The molecule has 162 valence electrons. The van der Waals surface area contributed by atoms with Crippen LogP contribution in [0.1, 0.15) is 71.7 Å². The molecule has 1 aliphatic carbocycles. The molecule has 1 unspecified atom stereocenters. The lowest BCUT2D eigenvalue weighted by molar-refractivity contribution is 0.0932. The predicted octanol–water partition coefficient (Wildman–Crippen LogP) is 3.41. The number of nitrogens with one attached hydrogen (secondary N) is 1. The van der Waals surface area contributed by atoms with Crippen molar-refractivity contribution in [2.75, 3.05) is 20.2 Å². The first-order chi connectivity index (χ1) is 14.5. The van der Waals surface area contributed by atoms with E-state index in [1.165, 1.54) is 29.5 Å². The number of rotatable bonds is 6. The van der Waals surface area contributed by atoms with Gasteiger partial charge in [-0.1, -0.05) is 24.1 Å². The molecule has 2 aliphatic rings. The highest BCUT2D eigenvalue weighted by molar-refractivity contribution is 5.92. The number of methoxy groups -OCH3 is 1. The lowest BCUT2D eigenvalue weighted by atomic mass is 10.00. The largest absolute Gasteiger partial charge is 0.496 e. The molecule has 1 saturated carbocycles. The van der Waals surface area contributed by atoms with E-state index in [-0.39, 0.29) is 11.9 Å². The molecule has 2 heterocycles. The Morgan fingerprint density at radius 2 is 1.97 bits per heavy atom. The Hall–Kier alpha value is -2.41. The molecule has 4 rings (SSSR count). The Labute approximate surface area is 178 Å². The minimum atomic E-state index is -0.0925. The van der Waals surface area contributed by atoms with Crippen LogP contribution in [0.3, 0.4) is 0 Å². The van der Waals surface area contributed by atoms with Gasteiger partial charge in [0.1, 0.15) is 5.75 Å². The number of carbonyl (C=O) groups excluding carboxylic acids is 1. The van der Waals surface area contributed by atoms with E-state index in [2.05, 4.69) is 46.5 Å². The predicted molar refractivity (Wildman–Crippen MR) is 116 cm³/mol. The monoisotopic (exact) mass is 411 g/mol. The summed E-state index contributed by atoms with van der Waals surface area (Å²) in [6, 6.07) is 4.78. The van der Waals surface area contributed by atoms with Crippen LogP contribution in [0, 0.1) is 13.8 Å². The normalized spacial score (nSPS) is 20.4. The van der Waals surface area contributed by atoms with Gasteiger partial charge in [0.25, 0.3) is 5.91 Å². The maximum absolute atomic E-state index is 12.5. The number of benzene rings is 1. The minimum absolute atomic E-state index is 0.0925. The fraction of sp³-hybridized carbons (Fsp3) is 0.609. The Kier molecular flexibility index (Phi) is 6.37. The van der Waals surface area contributed by atoms with E-state index in [9.17, 15) is 4.79 Å². The number of aromatic nitrogens is 3. The summed E-state index contributed by atoms with van der Waals surface area (Å²) < 4.78 is 7.33. The van der Waals surface area contributed by atoms with Gasteiger partial charge in [0.15, 0.2) is 5.69 Å². The highest BCUT2D eigenvalue weighted by Gasteiger charge is 2.25. The molecule has 0 radical (unpaired) electrons. The Balaban J connectivity index is 1.39. The maximum Gasteiger partial charge on any atom is 0.273 e. The molecule has 30 heavy (non-hydrogen) atoms. The summed E-state index contributed by atoms with van der Waals surface area (Å²) in [4.78, 5) is 15.0. The maximum atomic E-state index is 12.5. The number of nitrogens with zero attached hydrogens (tertiary/aromatic N) is 4. The summed E-state index contributed by atoms with van der Waals surface area (Å²) in [5.74, 6) is 0.851. The van der Waals surface area contributed by atoms with Gasteiger partial charge in [0.2, 0.25) is 0 Å². The van der Waals surface area contributed by atoms with Gasteiger partial charge in [-0.25, -0.2) is 4.68 Å². The summed E-state index contributed by atoms with van der Waals surface area (Å²) in [6.45, 7) is 7.19. The van der Waals surface area contributed by atoms with E-state index >= 15 is 0 Å². The molecule has 7 nitrogen and oxygen atoms in total. The SMILES string of the molecule is COc1ccc(CN2CCCC(n3cc(C(=O)NC4CCCC4)nn3)C2)c(C)c1C. The standard InChI is InChI=1S/C23H33N5O2/c1-16-17(2)22(30-3)11-10-18(16)13-27-12-6-9-20(14-27)28-15-21(25-26-28)23(29)24-19-7-4-5-8-19/h10-11,15,19-20H,4-9,12-14H2,1-3H3,(H,24,29). The highest BCUT2D eigenvalue weighted by Crippen LogP contribution is 2.27. The molecule has 1 atom stereocenters. The fourth-order valence-electron chi connectivity index (χ4n) is 4.76. The average Bonchev–Trinajstić information content (AvgIpc) is 3.44. The van der Waals surface area contributed by atoms with Crippen LogP contribution in [0.5, 0.6) is 5.75 Å². The van der Waals surface area contributed by atoms with Crippen LogP contribution in [0.25, 0.3) is 0 Å². The van der Waals surface area contributed by atoms with Crippen LogP contribution < -0.4 is 10.1 Å². The summed E-state index contributed by atoms with van der Waals surface area (Å²) in [5.41, 5.74) is 4.27. The topological polar surface area (TPSA) is 72.3 Å². The van der Waals surface area contributed by atoms with Crippen LogP contribution in [0.15, 0.2) is 18.3 Å². The highest BCUT2D eigenvalue weighted by atomic mass is 16.5. The van der Waals surface area contributed by atoms with Crippen molar-refractivity contribution in [3.8, 4) is 5.75 Å². The second kappa shape index (κ2) is 9.16. The number of piperidine rings is 1. The van der Waals surface area contributed by atoms with Crippen molar-refractivity contribution in [2.45, 2.75) is 71.0 Å². The second-order valence-electron chi connectivity index (χ2n) is 8.75. The molecule has 0 spiro atoms. The molecule has 1 amide bonds. The van der Waals surface area contributed by atoms with Crippen LogP contribution >= 0.6 is 0 Å². The van der Waals surface area contributed by atoms with Crippen molar-refractivity contribution >= 4 is 5.91 Å². The van der Waals surface area contributed by atoms with Crippen molar-refractivity contribution < 1.29 is 9.53 Å². The van der Waals surface area contributed by atoms with Gasteiger partial charge in [-0.05, 0) is 68.8 Å². The Bertz CT molecular complexity index is 888. The molecule has 1 aromatic heterocycles. The van der Waals surface area contributed by atoms with Gasteiger partial charge in [-0.15, -0.1) is 5.10 Å². The lowest BCUT2D eigenvalue weighted by Gasteiger charge is -2.33.